The Morgan fingerprint density at radius 3 is 2.21 bits per heavy atom. The predicted molar refractivity (Wildman–Crippen MR) is 97.9 cm³/mol. The van der Waals surface area contributed by atoms with Crippen LogP contribution in [0.1, 0.15) is 5.56 Å². The molecule has 0 atom stereocenters. The second kappa shape index (κ2) is 8.61. The smallest absolute Gasteiger partial charge is 0.179 e. The van der Waals surface area contributed by atoms with Gasteiger partial charge in [0.25, 0.3) is 0 Å². The fourth-order valence-corrected chi connectivity index (χ4v) is 2.36. The van der Waals surface area contributed by atoms with Crippen molar-refractivity contribution in [3.8, 4) is 23.0 Å². The van der Waals surface area contributed by atoms with Gasteiger partial charge in [-0.2, -0.15) is 0 Å². The van der Waals surface area contributed by atoms with E-state index in [9.17, 15) is 0 Å². The first kappa shape index (κ1) is 18.2. The highest BCUT2D eigenvalue weighted by molar-refractivity contribution is 7.80. The molecular formula is C17H18ClNO4S. The Bertz CT molecular complexity index is 706. The van der Waals surface area contributed by atoms with Crippen LogP contribution in [-0.2, 0) is 0 Å². The fourth-order valence-electron chi connectivity index (χ4n) is 1.98. The van der Waals surface area contributed by atoms with Crippen LogP contribution in [0.2, 0.25) is 5.02 Å². The molecule has 2 aromatic rings. The highest BCUT2D eigenvalue weighted by Crippen LogP contribution is 2.36. The lowest BCUT2D eigenvalue weighted by Crippen LogP contribution is -2.12. The largest absolute Gasteiger partial charge is 0.497 e. The molecule has 0 aliphatic carbocycles. The molecule has 24 heavy (non-hydrogen) atoms. The van der Waals surface area contributed by atoms with Gasteiger partial charge in [0, 0.05) is 5.56 Å². The zero-order chi connectivity index (χ0) is 17.5. The summed E-state index contributed by atoms with van der Waals surface area (Å²) in [7, 11) is 3.14. The molecule has 2 N–H and O–H groups in total. The molecule has 0 radical (unpaired) electrons. The van der Waals surface area contributed by atoms with Gasteiger partial charge in [0.15, 0.2) is 11.5 Å². The molecule has 2 aromatic carbocycles. The van der Waals surface area contributed by atoms with Crippen LogP contribution < -0.4 is 24.7 Å². The van der Waals surface area contributed by atoms with Gasteiger partial charge in [-0.1, -0.05) is 23.8 Å². The Hall–Kier alpha value is -2.18. The lowest BCUT2D eigenvalue weighted by molar-refractivity contribution is 0.211. The number of hydrogen-bond donors (Lipinski definition) is 1. The van der Waals surface area contributed by atoms with Crippen LogP contribution in [0, 0.1) is 0 Å². The van der Waals surface area contributed by atoms with Crippen molar-refractivity contribution in [2.75, 3.05) is 27.4 Å². The minimum absolute atomic E-state index is 0.240. The summed E-state index contributed by atoms with van der Waals surface area (Å²) in [6.07, 6.45) is 0. The van der Waals surface area contributed by atoms with Gasteiger partial charge in [-0.25, -0.2) is 0 Å². The average Bonchev–Trinajstić information content (AvgIpc) is 2.59. The summed E-state index contributed by atoms with van der Waals surface area (Å²) < 4.78 is 21.6. The maximum atomic E-state index is 6.21. The highest BCUT2D eigenvalue weighted by Gasteiger charge is 2.13. The summed E-state index contributed by atoms with van der Waals surface area (Å²) in [5, 5.41) is 0.376. The van der Waals surface area contributed by atoms with E-state index in [1.165, 1.54) is 7.11 Å². The summed E-state index contributed by atoms with van der Waals surface area (Å²) in [6.45, 7) is 0.650. The Labute approximate surface area is 151 Å². The van der Waals surface area contributed by atoms with Crippen molar-refractivity contribution in [3.05, 3.63) is 47.0 Å². The molecule has 0 aliphatic heterocycles. The van der Waals surface area contributed by atoms with Gasteiger partial charge in [0.2, 0.25) is 0 Å². The summed E-state index contributed by atoms with van der Waals surface area (Å²) in [5.41, 5.74) is 6.23. The van der Waals surface area contributed by atoms with E-state index in [1.807, 2.05) is 24.3 Å². The molecule has 0 bridgehead atoms. The third-order valence-corrected chi connectivity index (χ3v) is 3.69. The number of methoxy groups -OCH3 is 2. The van der Waals surface area contributed by atoms with Crippen LogP contribution in [0.15, 0.2) is 36.4 Å². The molecule has 2 rings (SSSR count). The summed E-state index contributed by atoms with van der Waals surface area (Å²) in [4.78, 5) is 0.240. The van der Waals surface area contributed by atoms with E-state index in [4.69, 9.17) is 48.5 Å². The van der Waals surface area contributed by atoms with E-state index in [1.54, 1.807) is 19.2 Å². The molecular weight excluding hydrogens is 350 g/mol. The van der Waals surface area contributed by atoms with E-state index in [0.29, 0.717) is 35.3 Å². The molecule has 5 nitrogen and oxygen atoms in total. The van der Waals surface area contributed by atoms with Crippen LogP contribution in [0.3, 0.4) is 0 Å². The summed E-state index contributed by atoms with van der Waals surface area (Å²) >= 11 is 11.2. The fraction of sp³-hybridized carbons (Fsp3) is 0.235. The number of hydrogen-bond acceptors (Lipinski definition) is 5. The summed E-state index contributed by atoms with van der Waals surface area (Å²) in [5.74, 6) is 2.39. The monoisotopic (exact) mass is 367 g/mol. The highest BCUT2D eigenvalue weighted by atomic mass is 35.5. The first-order chi connectivity index (χ1) is 11.5. The van der Waals surface area contributed by atoms with E-state index >= 15 is 0 Å². The van der Waals surface area contributed by atoms with Crippen molar-refractivity contribution in [2.24, 2.45) is 5.73 Å². The third-order valence-electron chi connectivity index (χ3n) is 3.17. The lowest BCUT2D eigenvalue weighted by Gasteiger charge is -2.14. The van der Waals surface area contributed by atoms with Crippen molar-refractivity contribution in [1.29, 1.82) is 0 Å². The van der Waals surface area contributed by atoms with Crippen LogP contribution in [-0.4, -0.2) is 32.4 Å². The van der Waals surface area contributed by atoms with E-state index in [2.05, 4.69) is 0 Å². The molecule has 0 spiro atoms. The van der Waals surface area contributed by atoms with E-state index < -0.39 is 0 Å². The quantitative estimate of drug-likeness (QED) is 0.569. The lowest BCUT2D eigenvalue weighted by atomic mass is 10.2. The molecule has 0 aromatic heterocycles. The Balaban J connectivity index is 1.95. The maximum absolute atomic E-state index is 6.21. The van der Waals surface area contributed by atoms with Crippen molar-refractivity contribution in [3.63, 3.8) is 0 Å². The van der Waals surface area contributed by atoms with Gasteiger partial charge >= 0.3 is 0 Å². The van der Waals surface area contributed by atoms with Crippen LogP contribution in [0.25, 0.3) is 0 Å². The molecule has 0 aliphatic rings. The third kappa shape index (κ3) is 4.66. The van der Waals surface area contributed by atoms with Crippen LogP contribution in [0.4, 0.5) is 0 Å². The van der Waals surface area contributed by atoms with Gasteiger partial charge in [-0.15, -0.1) is 0 Å². The Morgan fingerprint density at radius 1 is 1.00 bits per heavy atom. The number of thiocarbonyl (C=S) groups is 1. The van der Waals surface area contributed by atoms with Gasteiger partial charge in [-0.05, 0) is 36.4 Å². The van der Waals surface area contributed by atoms with Crippen LogP contribution in [0.5, 0.6) is 23.0 Å². The number of halogens is 1. The van der Waals surface area contributed by atoms with Gasteiger partial charge in [-0.3, -0.25) is 0 Å². The van der Waals surface area contributed by atoms with Gasteiger partial charge in [0.1, 0.15) is 29.7 Å². The van der Waals surface area contributed by atoms with E-state index in [0.717, 1.165) is 11.5 Å². The average molecular weight is 368 g/mol. The Morgan fingerprint density at radius 2 is 1.62 bits per heavy atom. The molecule has 128 valence electrons. The first-order valence-electron chi connectivity index (χ1n) is 7.12. The second-order valence-corrected chi connectivity index (χ2v) is 5.57. The standard InChI is InChI=1S/C17H18ClNO4S/c1-20-12-3-5-13(6-4-12)22-7-8-23-16-14(18)9-11(17(19)24)10-15(16)21-2/h3-6,9-10H,7-8H2,1-2H3,(H2,19,24). The van der Waals surface area contributed by atoms with Crippen molar-refractivity contribution >= 4 is 28.8 Å². The number of ether oxygens (including phenoxy) is 4. The first-order valence-corrected chi connectivity index (χ1v) is 7.90. The number of benzene rings is 2. The zero-order valence-electron chi connectivity index (χ0n) is 13.4. The molecule has 0 saturated carbocycles. The van der Waals surface area contributed by atoms with Gasteiger partial charge in [0.05, 0.1) is 19.2 Å². The molecule has 0 unspecified atom stereocenters. The zero-order valence-corrected chi connectivity index (χ0v) is 14.9. The second-order valence-electron chi connectivity index (χ2n) is 4.73. The van der Waals surface area contributed by atoms with E-state index in [-0.39, 0.29) is 4.99 Å². The molecule has 7 heteroatoms. The number of nitrogens with two attached hydrogens (primary N) is 1. The molecule has 0 heterocycles. The van der Waals surface area contributed by atoms with Crippen LogP contribution >= 0.6 is 23.8 Å². The van der Waals surface area contributed by atoms with Crippen molar-refractivity contribution in [2.45, 2.75) is 0 Å². The van der Waals surface area contributed by atoms with Gasteiger partial charge < -0.3 is 24.7 Å². The Kier molecular flexibility index (Phi) is 6.52. The molecule has 0 amide bonds. The topological polar surface area (TPSA) is 62.9 Å². The minimum atomic E-state index is 0.240. The molecule has 0 saturated heterocycles. The summed E-state index contributed by atoms with van der Waals surface area (Å²) in [6, 6.07) is 10.6. The SMILES string of the molecule is COc1ccc(OCCOc2c(Cl)cc(C(N)=S)cc2OC)cc1. The maximum Gasteiger partial charge on any atom is 0.179 e. The molecule has 0 fully saturated rings. The normalized spacial score (nSPS) is 10.1. The van der Waals surface area contributed by atoms with Crippen molar-refractivity contribution < 1.29 is 18.9 Å². The predicted octanol–water partition coefficient (Wildman–Crippen LogP) is 3.45. The number of rotatable bonds is 8. The van der Waals surface area contributed by atoms with Crippen molar-refractivity contribution in [1.82, 2.24) is 0 Å². The minimum Gasteiger partial charge on any atom is -0.497 e.